The summed E-state index contributed by atoms with van der Waals surface area (Å²) in [5, 5.41) is 48.3. The molecule has 0 aromatic carbocycles. The van der Waals surface area contributed by atoms with Crippen LogP contribution >= 0.6 is 0 Å². The zero-order valence-corrected chi connectivity index (χ0v) is 27.4. The Bertz CT molecular complexity index is 696. The lowest BCUT2D eigenvalue weighted by Gasteiger charge is -2.26. The summed E-state index contributed by atoms with van der Waals surface area (Å²) in [5.74, 6) is -1.81. The van der Waals surface area contributed by atoms with E-state index in [1.807, 2.05) is 0 Å². The Balaban J connectivity index is 4.72. The van der Waals surface area contributed by atoms with E-state index < -0.39 is 55.6 Å². The third-order valence-electron chi connectivity index (χ3n) is 7.92. The highest BCUT2D eigenvalue weighted by atomic mass is 16.6. The molecule has 0 heterocycles. The molecule has 43 heavy (non-hydrogen) atoms. The molecule has 0 spiro atoms. The van der Waals surface area contributed by atoms with Crippen molar-refractivity contribution in [1.29, 1.82) is 0 Å². The van der Waals surface area contributed by atoms with Gasteiger partial charge < -0.3 is 35.0 Å². The molecule has 0 saturated heterocycles. The summed E-state index contributed by atoms with van der Waals surface area (Å²) in [6, 6.07) is 0. The van der Waals surface area contributed by atoms with Crippen molar-refractivity contribution < 1.29 is 46.0 Å². The van der Waals surface area contributed by atoms with E-state index in [4.69, 9.17) is 16.0 Å². The Morgan fingerprint density at radius 3 is 1.44 bits per heavy atom. The van der Waals surface area contributed by atoms with Crippen molar-refractivity contribution in [2.75, 3.05) is 13.2 Å². The normalized spacial score (nSPS) is 16.1. The second kappa shape index (κ2) is 29.5. The van der Waals surface area contributed by atoms with Crippen LogP contribution < -0.4 is 0 Å². The second-order valence-electron chi connectivity index (χ2n) is 12.0. The topological polar surface area (TPSA) is 154 Å². The molecule has 0 aliphatic carbocycles. The molecule has 5 N–H and O–H groups in total. The summed E-state index contributed by atoms with van der Waals surface area (Å²) >= 11 is 0. The zero-order chi connectivity index (χ0) is 33.1. The first-order valence-corrected chi connectivity index (χ1v) is 17.3. The third-order valence-corrected chi connectivity index (χ3v) is 7.92. The first-order chi connectivity index (χ1) is 21.1. The standard InChI is InChI=1S/C34H66O9/c1-3-5-7-9-11-13-15-17-19-21-23-25-31(38)43-30(24-22-20-18-16-14-12-10-8-6-4-2)34(41)42-27-29(37)33(40)32(39)28(36)26-35/h28-30,32-33,35-37,39-40H,3-27H2,1-2H3/t28-,29+,30-,32-,33-/m1/s1/i30D. The van der Waals surface area contributed by atoms with Crippen molar-refractivity contribution in [3.05, 3.63) is 0 Å². The molecule has 0 saturated carbocycles. The van der Waals surface area contributed by atoms with E-state index in [2.05, 4.69) is 13.8 Å². The lowest BCUT2D eigenvalue weighted by molar-refractivity contribution is -0.174. The lowest BCUT2D eigenvalue weighted by atomic mass is 10.0. The molecule has 256 valence electrons. The number of rotatable bonds is 31. The summed E-state index contributed by atoms with van der Waals surface area (Å²) in [5.41, 5.74) is 0. The number of aliphatic hydroxyl groups is 5. The Morgan fingerprint density at radius 2 is 1.00 bits per heavy atom. The molecule has 0 aliphatic heterocycles. The number of carbonyl (C=O) groups is 2. The molecule has 9 nitrogen and oxygen atoms in total. The predicted octanol–water partition coefficient (Wildman–Crippen LogP) is 5.89. The quantitative estimate of drug-likeness (QED) is 0.0472. The van der Waals surface area contributed by atoms with Crippen LogP contribution in [0.25, 0.3) is 0 Å². The maximum Gasteiger partial charge on any atom is 0.347 e. The Hall–Kier alpha value is -1.26. The maximum absolute atomic E-state index is 12.9. The molecule has 0 rings (SSSR count). The van der Waals surface area contributed by atoms with Crippen LogP contribution in [0.1, 0.15) is 163 Å². The monoisotopic (exact) mass is 619 g/mol. The zero-order valence-electron chi connectivity index (χ0n) is 28.4. The van der Waals surface area contributed by atoms with Gasteiger partial charge in [0, 0.05) is 6.42 Å². The van der Waals surface area contributed by atoms with Crippen LogP contribution in [-0.2, 0) is 19.1 Å². The SMILES string of the molecule is [2H][C@](CCCCCCCCCCCC)(OC(=O)CCCCCCCCCCCCC)C(=O)OC[C@H](O)[C@@H](O)[C@H](O)[C@H](O)CO. The van der Waals surface area contributed by atoms with E-state index in [0.29, 0.717) is 12.8 Å². The number of hydrogen-bond acceptors (Lipinski definition) is 9. The van der Waals surface area contributed by atoms with E-state index in [1.54, 1.807) is 0 Å². The molecule has 0 aromatic heterocycles. The highest BCUT2D eigenvalue weighted by molar-refractivity contribution is 5.79. The van der Waals surface area contributed by atoms with Gasteiger partial charge in [0.25, 0.3) is 0 Å². The van der Waals surface area contributed by atoms with E-state index in [9.17, 15) is 30.0 Å². The molecule has 0 aromatic rings. The predicted molar refractivity (Wildman–Crippen MR) is 169 cm³/mol. The van der Waals surface area contributed by atoms with Crippen LogP contribution in [0.15, 0.2) is 0 Å². The highest BCUT2D eigenvalue weighted by Crippen LogP contribution is 2.16. The van der Waals surface area contributed by atoms with Crippen LogP contribution in [-0.4, -0.2) is 81.2 Å². The minimum absolute atomic E-state index is 0.0587. The maximum atomic E-state index is 12.9. The summed E-state index contributed by atoms with van der Waals surface area (Å²) in [6.07, 6.45) is 13.5. The summed E-state index contributed by atoms with van der Waals surface area (Å²) < 4.78 is 19.1. The third kappa shape index (κ3) is 23.7. The minimum Gasteiger partial charge on any atom is -0.460 e. The average Bonchev–Trinajstić information content (AvgIpc) is 3.01. The van der Waals surface area contributed by atoms with E-state index >= 15 is 0 Å². The number of unbranched alkanes of at least 4 members (excludes halogenated alkanes) is 19. The van der Waals surface area contributed by atoms with Gasteiger partial charge in [-0.15, -0.1) is 0 Å². The molecule has 0 fully saturated rings. The van der Waals surface area contributed by atoms with Gasteiger partial charge in [0.1, 0.15) is 31.0 Å². The lowest BCUT2D eigenvalue weighted by Crippen LogP contribution is -2.47. The van der Waals surface area contributed by atoms with Crippen molar-refractivity contribution in [3.8, 4) is 0 Å². The van der Waals surface area contributed by atoms with E-state index in [0.717, 1.165) is 44.9 Å². The second-order valence-corrected chi connectivity index (χ2v) is 12.0. The fourth-order valence-electron chi connectivity index (χ4n) is 4.99. The van der Waals surface area contributed by atoms with Crippen molar-refractivity contribution in [1.82, 2.24) is 0 Å². The summed E-state index contributed by atoms with van der Waals surface area (Å²) in [6.45, 7) is 2.78. The van der Waals surface area contributed by atoms with Crippen molar-refractivity contribution in [2.24, 2.45) is 0 Å². The Kier molecular flexibility index (Phi) is 27.2. The molecular formula is C34H66O9. The van der Waals surface area contributed by atoms with Gasteiger partial charge in [-0.25, -0.2) is 4.79 Å². The Morgan fingerprint density at radius 1 is 0.605 bits per heavy atom. The molecule has 9 heteroatoms. The van der Waals surface area contributed by atoms with Gasteiger partial charge in [0.15, 0.2) is 6.08 Å². The molecule has 5 atom stereocenters. The summed E-state index contributed by atoms with van der Waals surface area (Å²) in [7, 11) is 0. The average molecular weight is 620 g/mol. The Labute approximate surface area is 263 Å². The molecular weight excluding hydrogens is 552 g/mol. The van der Waals surface area contributed by atoms with Gasteiger partial charge in [-0.1, -0.05) is 136 Å². The smallest absolute Gasteiger partial charge is 0.347 e. The van der Waals surface area contributed by atoms with Gasteiger partial charge in [-0.2, -0.15) is 0 Å². The molecule has 0 bridgehead atoms. The van der Waals surface area contributed by atoms with Crippen molar-refractivity contribution in [2.45, 2.75) is 192 Å². The largest absolute Gasteiger partial charge is 0.460 e. The van der Waals surface area contributed by atoms with E-state index in [1.165, 1.54) is 77.0 Å². The minimum atomic E-state index is -2.29. The number of aliphatic hydroxyl groups excluding tert-OH is 5. The van der Waals surface area contributed by atoms with Crippen LogP contribution in [0.3, 0.4) is 0 Å². The summed E-state index contributed by atoms with van der Waals surface area (Å²) in [4.78, 5) is 25.5. The fourth-order valence-corrected chi connectivity index (χ4v) is 4.99. The molecule has 0 radical (unpaired) electrons. The van der Waals surface area contributed by atoms with Crippen LogP contribution in [0.2, 0.25) is 0 Å². The fraction of sp³-hybridized carbons (Fsp3) is 0.941. The van der Waals surface area contributed by atoms with Crippen molar-refractivity contribution in [3.63, 3.8) is 0 Å². The van der Waals surface area contributed by atoms with Gasteiger partial charge in [0.05, 0.1) is 7.98 Å². The van der Waals surface area contributed by atoms with Crippen LogP contribution in [0.4, 0.5) is 0 Å². The molecule has 0 unspecified atom stereocenters. The first kappa shape index (κ1) is 39.8. The van der Waals surface area contributed by atoms with Gasteiger partial charge in [-0.05, 0) is 19.3 Å². The number of hydrogen-bond donors (Lipinski definition) is 5. The number of esters is 2. The van der Waals surface area contributed by atoms with Gasteiger partial charge >= 0.3 is 11.9 Å². The van der Waals surface area contributed by atoms with Crippen LogP contribution in [0, 0.1) is 0 Å². The number of ether oxygens (including phenoxy) is 2. The van der Waals surface area contributed by atoms with Gasteiger partial charge in [-0.3, -0.25) is 4.79 Å². The van der Waals surface area contributed by atoms with E-state index in [-0.39, 0.29) is 12.8 Å². The first-order valence-electron chi connectivity index (χ1n) is 17.8. The van der Waals surface area contributed by atoms with Crippen LogP contribution in [0.5, 0.6) is 0 Å². The van der Waals surface area contributed by atoms with Crippen molar-refractivity contribution >= 4 is 11.9 Å². The highest BCUT2D eigenvalue weighted by Gasteiger charge is 2.32. The molecule has 0 amide bonds. The number of carbonyl (C=O) groups excluding carboxylic acids is 2. The van der Waals surface area contributed by atoms with Gasteiger partial charge in [0.2, 0.25) is 0 Å². The molecule has 0 aliphatic rings.